The molecule has 1 amide bonds. The first-order valence-corrected chi connectivity index (χ1v) is 12.6. The Morgan fingerprint density at radius 1 is 1.22 bits per heavy atom. The van der Waals surface area contributed by atoms with Crippen LogP contribution < -0.4 is 15.4 Å². The molecule has 37 heavy (non-hydrogen) atoms. The second-order valence-corrected chi connectivity index (χ2v) is 11.1. The molecule has 0 aliphatic carbocycles. The van der Waals surface area contributed by atoms with E-state index >= 15 is 0 Å². The molecule has 2 N–H and O–H groups in total. The van der Waals surface area contributed by atoms with Crippen LogP contribution in [0.3, 0.4) is 0 Å². The van der Waals surface area contributed by atoms with E-state index in [-0.39, 0.29) is 23.1 Å². The summed E-state index contributed by atoms with van der Waals surface area (Å²) in [6.07, 6.45) is 1.80. The van der Waals surface area contributed by atoms with Crippen LogP contribution in [0, 0.1) is 5.82 Å². The lowest BCUT2D eigenvalue weighted by Crippen LogP contribution is -2.50. The summed E-state index contributed by atoms with van der Waals surface area (Å²) in [5, 5.41) is 5.37. The first-order chi connectivity index (χ1) is 17.4. The molecular formula is C22H25FN8O5S. The number of halogens is 1. The Hall–Kier alpha value is -4.14. The van der Waals surface area contributed by atoms with Gasteiger partial charge in [-0.05, 0) is 39.0 Å². The van der Waals surface area contributed by atoms with Gasteiger partial charge in [-0.3, -0.25) is 5.32 Å². The van der Waals surface area contributed by atoms with Gasteiger partial charge in [-0.1, -0.05) is 0 Å². The molecule has 3 aromatic rings. The van der Waals surface area contributed by atoms with Gasteiger partial charge in [-0.25, -0.2) is 41.9 Å². The Morgan fingerprint density at radius 3 is 2.68 bits per heavy atom. The average molecular weight is 533 g/mol. The van der Waals surface area contributed by atoms with Gasteiger partial charge in [-0.15, -0.1) is 0 Å². The van der Waals surface area contributed by atoms with Gasteiger partial charge < -0.3 is 14.8 Å². The third-order valence-electron chi connectivity index (χ3n) is 5.12. The lowest BCUT2D eigenvalue weighted by molar-refractivity contribution is 0.0559. The van der Waals surface area contributed by atoms with E-state index in [9.17, 15) is 17.6 Å². The lowest BCUT2D eigenvalue weighted by atomic mass is 10.1. The van der Waals surface area contributed by atoms with Crippen LogP contribution in [-0.2, 0) is 14.8 Å². The summed E-state index contributed by atoms with van der Waals surface area (Å²) < 4.78 is 51.6. The fourth-order valence-corrected chi connectivity index (χ4v) is 4.63. The third-order valence-corrected chi connectivity index (χ3v) is 6.87. The first kappa shape index (κ1) is 25.9. The molecule has 1 aliphatic heterocycles. The summed E-state index contributed by atoms with van der Waals surface area (Å²) >= 11 is 0. The SMILES string of the molecule is COc1cnc2c(Nc3ccc(F)c(C4CS(=O)(=O)N(C)C(NC(=O)OC(C)(C)C)=N4)c3)ncnc2n1. The number of ether oxygens (including phenoxy) is 2. The minimum atomic E-state index is -3.93. The van der Waals surface area contributed by atoms with E-state index < -0.39 is 39.3 Å². The standard InChI is InChI=1S/C22H25FN8O5S/c1-22(2,3)36-21(32)30-20-28-15(10-37(33,34)31(20)4)13-8-12(6-7-14(13)23)27-18-17-19(26-11-25-18)29-16(35-5)9-24-17/h6-9,11,15H,10H2,1-5H3,(H,28,30,32)(H,25,26,27,29). The number of aromatic nitrogens is 4. The fourth-order valence-electron chi connectivity index (χ4n) is 3.40. The number of carbonyl (C=O) groups is 1. The number of anilines is 2. The van der Waals surface area contributed by atoms with Crippen molar-refractivity contribution in [3.63, 3.8) is 0 Å². The number of nitrogens with zero attached hydrogens (tertiary/aromatic N) is 6. The Morgan fingerprint density at radius 2 is 1.97 bits per heavy atom. The number of amides is 1. The van der Waals surface area contributed by atoms with Gasteiger partial charge in [0.05, 0.1) is 25.1 Å². The molecule has 13 nitrogen and oxygen atoms in total. The van der Waals surface area contributed by atoms with Gasteiger partial charge in [0.2, 0.25) is 21.9 Å². The molecule has 0 radical (unpaired) electrons. The zero-order chi connectivity index (χ0) is 27.0. The molecule has 1 unspecified atom stereocenters. The maximum absolute atomic E-state index is 14.9. The average Bonchev–Trinajstić information content (AvgIpc) is 2.81. The topological polar surface area (TPSA) is 161 Å². The van der Waals surface area contributed by atoms with Gasteiger partial charge in [-0.2, -0.15) is 4.98 Å². The zero-order valence-electron chi connectivity index (χ0n) is 20.7. The molecule has 1 aliphatic rings. The van der Waals surface area contributed by atoms with Crippen LogP contribution in [-0.4, -0.2) is 70.2 Å². The summed E-state index contributed by atoms with van der Waals surface area (Å²) in [6, 6.07) is 2.91. The van der Waals surface area contributed by atoms with Gasteiger partial charge in [0.15, 0.2) is 17.0 Å². The number of guanidine groups is 1. The number of aliphatic imine (C=N–C) groups is 1. The highest BCUT2D eigenvalue weighted by Gasteiger charge is 2.35. The molecule has 4 rings (SSSR count). The number of methoxy groups -OCH3 is 1. The molecule has 0 spiro atoms. The minimum Gasteiger partial charge on any atom is -0.480 e. The summed E-state index contributed by atoms with van der Waals surface area (Å²) in [7, 11) is -1.23. The van der Waals surface area contributed by atoms with Crippen molar-refractivity contribution in [3.05, 3.63) is 42.1 Å². The van der Waals surface area contributed by atoms with Crippen LogP contribution in [0.25, 0.3) is 11.2 Å². The highest BCUT2D eigenvalue weighted by Crippen LogP contribution is 2.31. The van der Waals surface area contributed by atoms with Crippen LogP contribution in [0.15, 0.2) is 35.7 Å². The van der Waals surface area contributed by atoms with Crippen molar-refractivity contribution in [1.29, 1.82) is 0 Å². The number of hydrogen-bond donors (Lipinski definition) is 2. The van der Waals surface area contributed by atoms with E-state index in [1.807, 2.05) is 0 Å². The highest BCUT2D eigenvalue weighted by atomic mass is 32.2. The number of benzene rings is 1. The number of rotatable bonds is 4. The lowest BCUT2D eigenvalue weighted by Gasteiger charge is -2.30. The van der Waals surface area contributed by atoms with Crippen molar-refractivity contribution in [2.75, 3.05) is 25.2 Å². The molecular weight excluding hydrogens is 507 g/mol. The maximum Gasteiger partial charge on any atom is 0.414 e. The van der Waals surface area contributed by atoms with Gasteiger partial charge in [0, 0.05) is 18.3 Å². The normalized spacial score (nSPS) is 17.2. The van der Waals surface area contributed by atoms with Crippen molar-refractivity contribution in [2.45, 2.75) is 32.4 Å². The van der Waals surface area contributed by atoms with Crippen LogP contribution in [0.1, 0.15) is 32.4 Å². The molecule has 1 atom stereocenters. The highest BCUT2D eigenvalue weighted by molar-refractivity contribution is 7.89. The van der Waals surface area contributed by atoms with Crippen molar-refractivity contribution in [2.24, 2.45) is 4.99 Å². The van der Waals surface area contributed by atoms with Crippen LogP contribution in [0.2, 0.25) is 0 Å². The first-order valence-electron chi connectivity index (χ1n) is 11.0. The molecule has 1 aromatic carbocycles. The molecule has 0 saturated heterocycles. The Labute approximate surface area is 212 Å². The van der Waals surface area contributed by atoms with E-state index in [4.69, 9.17) is 9.47 Å². The van der Waals surface area contributed by atoms with Crippen molar-refractivity contribution in [1.82, 2.24) is 29.6 Å². The van der Waals surface area contributed by atoms with Gasteiger partial charge in [0.25, 0.3) is 0 Å². The van der Waals surface area contributed by atoms with Crippen molar-refractivity contribution in [3.8, 4) is 5.88 Å². The van der Waals surface area contributed by atoms with Crippen molar-refractivity contribution >= 4 is 44.7 Å². The Balaban J connectivity index is 1.67. The van der Waals surface area contributed by atoms with E-state index in [1.165, 1.54) is 44.9 Å². The summed E-state index contributed by atoms with van der Waals surface area (Å²) in [5.74, 6) is -0.893. The van der Waals surface area contributed by atoms with Crippen molar-refractivity contribution < 1.29 is 27.1 Å². The number of nitrogens with one attached hydrogen (secondary N) is 2. The molecule has 0 saturated carbocycles. The van der Waals surface area contributed by atoms with E-state index in [1.54, 1.807) is 20.8 Å². The molecule has 2 aromatic heterocycles. The van der Waals surface area contributed by atoms with Crippen LogP contribution >= 0.6 is 0 Å². The molecule has 15 heteroatoms. The van der Waals surface area contributed by atoms with E-state index in [0.29, 0.717) is 17.0 Å². The minimum absolute atomic E-state index is 0.00345. The third kappa shape index (κ3) is 5.82. The predicted molar refractivity (Wildman–Crippen MR) is 132 cm³/mol. The van der Waals surface area contributed by atoms with Crippen LogP contribution in [0.5, 0.6) is 5.88 Å². The van der Waals surface area contributed by atoms with Crippen LogP contribution in [0.4, 0.5) is 20.7 Å². The second kappa shape index (κ2) is 9.72. The molecule has 3 heterocycles. The Kier molecular flexibility index (Phi) is 6.82. The number of hydrogen-bond acceptors (Lipinski definition) is 11. The van der Waals surface area contributed by atoms with Gasteiger partial charge >= 0.3 is 6.09 Å². The molecule has 0 fully saturated rings. The monoisotopic (exact) mass is 532 g/mol. The van der Waals surface area contributed by atoms with Gasteiger partial charge in [0.1, 0.15) is 17.7 Å². The smallest absolute Gasteiger partial charge is 0.414 e. The Bertz CT molecular complexity index is 1490. The predicted octanol–water partition coefficient (Wildman–Crippen LogP) is 2.51. The summed E-state index contributed by atoms with van der Waals surface area (Å²) in [4.78, 5) is 33.3. The number of sulfonamides is 1. The maximum atomic E-state index is 14.9. The number of alkyl carbamates (subject to hydrolysis) is 1. The summed E-state index contributed by atoms with van der Waals surface area (Å²) in [6.45, 7) is 4.99. The van der Waals surface area contributed by atoms with E-state index in [0.717, 1.165) is 4.31 Å². The van der Waals surface area contributed by atoms with E-state index in [2.05, 4.69) is 35.6 Å². The molecule has 0 bridgehead atoms. The number of fused-ring (bicyclic) bond motifs is 1. The zero-order valence-corrected chi connectivity index (χ0v) is 21.5. The fraction of sp³-hybridized carbons (Fsp3) is 0.364. The summed E-state index contributed by atoms with van der Waals surface area (Å²) in [5.41, 5.74) is 0.197. The second-order valence-electron chi connectivity index (χ2n) is 9.01. The molecule has 196 valence electrons. The number of carbonyl (C=O) groups excluding carboxylic acids is 1. The largest absolute Gasteiger partial charge is 0.480 e. The quantitative estimate of drug-likeness (QED) is 0.511.